The number of aromatic amines is 1. The molecular formula is C16H12F2N2O. The van der Waals surface area contributed by atoms with Gasteiger partial charge in [-0.15, -0.1) is 0 Å². The number of benzene rings is 2. The number of carbonyl (C=O) groups excluding carboxylic acids is 1. The molecule has 3 nitrogen and oxygen atoms in total. The molecule has 0 aliphatic rings. The smallest absolute Gasteiger partial charge is 0.258 e. The van der Waals surface area contributed by atoms with Gasteiger partial charge in [0, 0.05) is 22.3 Å². The Labute approximate surface area is 119 Å². The van der Waals surface area contributed by atoms with Crippen molar-refractivity contribution in [2.24, 2.45) is 0 Å². The van der Waals surface area contributed by atoms with E-state index in [0.717, 1.165) is 34.8 Å². The Kier molecular flexibility index (Phi) is 3.17. The Balaban J connectivity index is 1.90. The van der Waals surface area contributed by atoms with Gasteiger partial charge in [0.1, 0.15) is 11.6 Å². The molecule has 3 aromatic rings. The molecule has 1 amide bonds. The number of fused-ring (bicyclic) bond motifs is 1. The summed E-state index contributed by atoms with van der Waals surface area (Å²) in [5.41, 5.74) is 2.16. The van der Waals surface area contributed by atoms with Crippen LogP contribution in [-0.4, -0.2) is 10.9 Å². The second-order valence-electron chi connectivity index (χ2n) is 4.83. The fourth-order valence-corrected chi connectivity index (χ4v) is 2.23. The number of rotatable bonds is 2. The summed E-state index contributed by atoms with van der Waals surface area (Å²) in [6.07, 6.45) is 0. The van der Waals surface area contributed by atoms with Crippen LogP contribution in [0.4, 0.5) is 14.5 Å². The second-order valence-corrected chi connectivity index (χ2v) is 4.83. The third kappa shape index (κ3) is 2.63. The van der Waals surface area contributed by atoms with Crippen LogP contribution < -0.4 is 5.32 Å². The number of carbonyl (C=O) groups is 1. The van der Waals surface area contributed by atoms with Crippen molar-refractivity contribution in [3.05, 3.63) is 65.4 Å². The molecule has 106 valence electrons. The van der Waals surface area contributed by atoms with E-state index in [0.29, 0.717) is 5.69 Å². The Morgan fingerprint density at radius 1 is 1.10 bits per heavy atom. The van der Waals surface area contributed by atoms with Crippen LogP contribution in [0.5, 0.6) is 0 Å². The van der Waals surface area contributed by atoms with Crippen molar-refractivity contribution in [3.8, 4) is 0 Å². The zero-order valence-corrected chi connectivity index (χ0v) is 11.2. The lowest BCUT2D eigenvalue weighted by Gasteiger charge is -2.06. The number of anilines is 1. The molecule has 0 fully saturated rings. The molecule has 0 bridgehead atoms. The van der Waals surface area contributed by atoms with E-state index in [1.54, 1.807) is 12.1 Å². The minimum Gasteiger partial charge on any atom is -0.359 e. The zero-order valence-electron chi connectivity index (χ0n) is 11.2. The molecule has 0 saturated heterocycles. The maximum absolute atomic E-state index is 13.5. The monoisotopic (exact) mass is 286 g/mol. The number of aromatic nitrogens is 1. The van der Waals surface area contributed by atoms with Crippen molar-refractivity contribution in [2.45, 2.75) is 6.92 Å². The van der Waals surface area contributed by atoms with Gasteiger partial charge in [-0.05, 0) is 49.4 Å². The minimum atomic E-state index is -0.757. The van der Waals surface area contributed by atoms with Crippen LogP contribution >= 0.6 is 0 Å². The van der Waals surface area contributed by atoms with Crippen molar-refractivity contribution < 1.29 is 13.6 Å². The first-order valence-corrected chi connectivity index (χ1v) is 6.39. The highest BCUT2D eigenvalue weighted by Gasteiger charge is 2.13. The molecule has 1 heterocycles. The van der Waals surface area contributed by atoms with E-state index in [1.165, 1.54) is 0 Å². The van der Waals surface area contributed by atoms with Crippen molar-refractivity contribution in [1.29, 1.82) is 0 Å². The summed E-state index contributed by atoms with van der Waals surface area (Å²) < 4.78 is 26.7. The molecule has 2 aromatic carbocycles. The number of amides is 1. The predicted octanol–water partition coefficient (Wildman–Crippen LogP) is 4.01. The average Bonchev–Trinajstić information content (AvgIpc) is 2.80. The standard InChI is InChI=1S/C16H12F2N2O/c1-9-6-10-7-12(3-5-15(10)19-9)20-16(21)13-8-11(17)2-4-14(13)18/h2-8,19H,1H3,(H,20,21). The fraction of sp³-hybridized carbons (Fsp3) is 0.0625. The van der Waals surface area contributed by atoms with Crippen LogP contribution in [-0.2, 0) is 0 Å². The van der Waals surface area contributed by atoms with Gasteiger partial charge >= 0.3 is 0 Å². The molecule has 0 radical (unpaired) electrons. The van der Waals surface area contributed by atoms with E-state index < -0.39 is 17.5 Å². The summed E-state index contributed by atoms with van der Waals surface area (Å²) >= 11 is 0. The molecule has 3 rings (SSSR count). The van der Waals surface area contributed by atoms with Crippen molar-refractivity contribution in [3.63, 3.8) is 0 Å². The largest absolute Gasteiger partial charge is 0.359 e. The van der Waals surface area contributed by atoms with Gasteiger partial charge < -0.3 is 10.3 Å². The van der Waals surface area contributed by atoms with Crippen LogP contribution in [0.2, 0.25) is 0 Å². The lowest BCUT2D eigenvalue weighted by molar-refractivity contribution is 0.102. The molecule has 1 aromatic heterocycles. The SMILES string of the molecule is Cc1cc2cc(NC(=O)c3cc(F)ccc3F)ccc2[nH]1. The van der Waals surface area contributed by atoms with Gasteiger partial charge in [0.25, 0.3) is 5.91 Å². The molecule has 0 aliphatic carbocycles. The van der Waals surface area contributed by atoms with E-state index in [9.17, 15) is 13.6 Å². The summed E-state index contributed by atoms with van der Waals surface area (Å²) in [4.78, 5) is 15.2. The van der Waals surface area contributed by atoms with E-state index in [4.69, 9.17) is 0 Å². The van der Waals surface area contributed by atoms with E-state index in [-0.39, 0.29) is 5.56 Å². The molecule has 0 saturated carbocycles. The molecule has 0 atom stereocenters. The highest BCUT2D eigenvalue weighted by Crippen LogP contribution is 2.21. The lowest BCUT2D eigenvalue weighted by Crippen LogP contribution is -2.14. The fourth-order valence-electron chi connectivity index (χ4n) is 2.23. The van der Waals surface area contributed by atoms with E-state index in [1.807, 2.05) is 19.1 Å². The van der Waals surface area contributed by atoms with Crippen molar-refractivity contribution >= 4 is 22.5 Å². The summed E-state index contributed by atoms with van der Waals surface area (Å²) in [6.45, 7) is 1.93. The molecule has 0 aliphatic heterocycles. The Morgan fingerprint density at radius 2 is 1.90 bits per heavy atom. The predicted molar refractivity (Wildman–Crippen MR) is 77.3 cm³/mol. The Hall–Kier alpha value is -2.69. The van der Waals surface area contributed by atoms with Gasteiger partial charge in [0.15, 0.2) is 0 Å². The van der Waals surface area contributed by atoms with Crippen LogP contribution in [0.15, 0.2) is 42.5 Å². The number of hydrogen-bond donors (Lipinski definition) is 2. The van der Waals surface area contributed by atoms with Gasteiger partial charge in [0.05, 0.1) is 5.56 Å². The van der Waals surface area contributed by atoms with E-state index >= 15 is 0 Å². The van der Waals surface area contributed by atoms with Gasteiger partial charge in [-0.25, -0.2) is 8.78 Å². The van der Waals surface area contributed by atoms with Gasteiger partial charge in [-0.3, -0.25) is 4.79 Å². The second kappa shape index (κ2) is 5.01. The Morgan fingerprint density at radius 3 is 2.71 bits per heavy atom. The van der Waals surface area contributed by atoms with E-state index in [2.05, 4.69) is 10.3 Å². The van der Waals surface area contributed by atoms with Crippen molar-refractivity contribution in [2.75, 3.05) is 5.32 Å². The van der Waals surface area contributed by atoms with Gasteiger partial charge in [-0.2, -0.15) is 0 Å². The average molecular weight is 286 g/mol. The Bertz CT molecular complexity index is 839. The highest BCUT2D eigenvalue weighted by atomic mass is 19.1. The maximum Gasteiger partial charge on any atom is 0.258 e. The van der Waals surface area contributed by atoms with Crippen LogP contribution in [0.25, 0.3) is 10.9 Å². The first-order chi connectivity index (χ1) is 10.0. The molecule has 2 N–H and O–H groups in total. The quantitative estimate of drug-likeness (QED) is 0.734. The summed E-state index contributed by atoms with van der Waals surface area (Å²) in [5.74, 6) is -2.09. The number of hydrogen-bond acceptors (Lipinski definition) is 1. The first-order valence-electron chi connectivity index (χ1n) is 6.39. The molecule has 5 heteroatoms. The zero-order chi connectivity index (χ0) is 15.0. The molecule has 0 unspecified atom stereocenters. The molecular weight excluding hydrogens is 274 g/mol. The van der Waals surface area contributed by atoms with Crippen LogP contribution in [0, 0.1) is 18.6 Å². The summed E-state index contributed by atoms with van der Waals surface area (Å²) in [5, 5.41) is 3.50. The lowest BCUT2D eigenvalue weighted by atomic mass is 10.1. The topological polar surface area (TPSA) is 44.9 Å². The summed E-state index contributed by atoms with van der Waals surface area (Å²) in [6, 6.07) is 10.0. The van der Waals surface area contributed by atoms with Crippen LogP contribution in [0.1, 0.15) is 16.1 Å². The third-order valence-electron chi connectivity index (χ3n) is 3.19. The molecule has 0 spiro atoms. The summed E-state index contributed by atoms with van der Waals surface area (Å²) in [7, 11) is 0. The highest BCUT2D eigenvalue weighted by molar-refractivity contribution is 6.05. The normalized spacial score (nSPS) is 10.8. The van der Waals surface area contributed by atoms with Crippen LogP contribution in [0.3, 0.4) is 0 Å². The first kappa shape index (κ1) is 13.3. The minimum absolute atomic E-state index is 0.319. The van der Waals surface area contributed by atoms with Crippen molar-refractivity contribution in [1.82, 2.24) is 4.98 Å². The number of H-pyrrole nitrogens is 1. The third-order valence-corrected chi connectivity index (χ3v) is 3.19. The number of nitrogens with one attached hydrogen (secondary N) is 2. The van der Waals surface area contributed by atoms with Gasteiger partial charge in [0.2, 0.25) is 0 Å². The number of aryl methyl sites for hydroxylation is 1. The van der Waals surface area contributed by atoms with Gasteiger partial charge in [-0.1, -0.05) is 0 Å². The maximum atomic E-state index is 13.5. The molecule has 21 heavy (non-hydrogen) atoms. The number of halogens is 2.